The summed E-state index contributed by atoms with van der Waals surface area (Å²) in [6.45, 7) is 5.98. The molecule has 1 heterocycles. The molecule has 2 atom stereocenters. The van der Waals surface area contributed by atoms with Gasteiger partial charge in [-0.25, -0.2) is 0 Å². The molecule has 0 unspecified atom stereocenters. The molecule has 1 amide bonds. The molecule has 2 N–H and O–H groups in total. The predicted molar refractivity (Wildman–Crippen MR) is 86.3 cm³/mol. The third-order valence-electron chi connectivity index (χ3n) is 4.37. The van der Waals surface area contributed by atoms with Gasteiger partial charge in [-0.05, 0) is 56.0 Å². The first-order valence-electron chi connectivity index (χ1n) is 7.53. The Morgan fingerprint density at radius 2 is 1.91 bits per heavy atom. The number of hydrogen-bond acceptors (Lipinski definition) is 2. The van der Waals surface area contributed by atoms with E-state index >= 15 is 0 Å². The minimum Gasteiger partial charge on any atom is -0.348 e. The van der Waals surface area contributed by atoms with Gasteiger partial charge in [0.05, 0.1) is 0 Å². The second-order valence-corrected chi connectivity index (χ2v) is 6.15. The summed E-state index contributed by atoms with van der Waals surface area (Å²) in [6.07, 6.45) is 0.929. The summed E-state index contributed by atoms with van der Waals surface area (Å²) in [6, 6.07) is 9.87. The molecule has 0 spiro atoms. The molecular formula is C18H20N2O2. The van der Waals surface area contributed by atoms with Crippen LogP contribution in [0.15, 0.2) is 35.1 Å². The maximum atomic E-state index is 12.2. The maximum Gasteiger partial charge on any atom is 0.260 e. The molecule has 3 rings (SSSR count). The summed E-state index contributed by atoms with van der Waals surface area (Å²) >= 11 is 0. The van der Waals surface area contributed by atoms with Crippen LogP contribution in [0.25, 0.3) is 0 Å². The molecule has 1 fully saturated rings. The largest absolute Gasteiger partial charge is 0.348 e. The molecule has 22 heavy (non-hydrogen) atoms. The molecule has 1 aromatic carbocycles. The van der Waals surface area contributed by atoms with E-state index in [1.165, 1.54) is 16.7 Å². The van der Waals surface area contributed by atoms with Crippen molar-refractivity contribution >= 4 is 5.91 Å². The summed E-state index contributed by atoms with van der Waals surface area (Å²) < 4.78 is 0. The Bertz CT molecular complexity index is 792. The number of rotatable bonds is 3. The van der Waals surface area contributed by atoms with Crippen molar-refractivity contribution in [1.82, 2.24) is 10.3 Å². The van der Waals surface area contributed by atoms with E-state index in [-0.39, 0.29) is 23.1 Å². The number of benzene rings is 1. The van der Waals surface area contributed by atoms with Crippen molar-refractivity contribution in [2.75, 3.05) is 0 Å². The van der Waals surface area contributed by atoms with Crippen LogP contribution in [-0.4, -0.2) is 16.9 Å². The number of aromatic nitrogens is 1. The Morgan fingerprint density at radius 3 is 2.59 bits per heavy atom. The van der Waals surface area contributed by atoms with E-state index < -0.39 is 0 Å². The Balaban J connectivity index is 1.69. The number of nitrogens with one attached hydrogen (secondary N) is 2. The van der Waals surface area contributed by atoms with Gasteiger partial charge >= 0.3 is 0 Å². The van der Waals surface area contributed by atoms with Crippen molar-refractivity contribution in [3.05, 3.63) is 68.6 Å². The average molecular weight is 296 g/mol. The smallest absolute Gasteiger partial charge is 0.260 e. The Labute approximate surface area is 129 Å². The topological polar surface area (TPSA) is 62.0 Å². The molecule has 4 nitrogen and oxygen atoms in total. The lowest BCUT2D eigenvalue weighted by molar-refractivity contribution is 0.0949. The number of aromatic amines is 1. The standard InChI is InChI=1S/C18H20N2O2/c1-10-4-6-13(8-11(10)2)15-9-16(15)20-18(22)14-7-5-12(3)19-17(14)21/h4-8,15-16H,9H2,1-3H3,(H,19,21)(H,20,22)/t15-,16-/m1/s1. The molecule has 1 aliphatic carbocycles. The Morgan fingerprint density at radius 1 is 1.14 bits per heavy atom. The fraction of sp³-hybridized carbons (Fsp3) is 0.333. The molecule has 2 aromatic rings. The van der Waals surface area contributed by atoms with Gasteiger partial charge in [0.15, 0.2) is 0 Å². The van der Waals surface area contributed by atoms with Gasteiger partial charge in [-0.3, -0.25) is 9.59 Å². The number of carbonyl (C=O) groups is 1. The van der Waals surface area contributed by atoms with E-state index in [2.05, 4.69) is 42.3 Å². The van der Waals surface area contributed by atoms with Crippen LogP contribution in [0, 0.1) is 20.8 Å². The van der Waals surface area contributed by atoms with Crippen LogP contribution in [0.3, 0.4) is 0 Å². The fourth-order valence-corrected chi connectivity index (χ4v) is 2.72. The summed E-state index contributed by atoms with van der Waals surface area (Å²) in [5, 5.41) is 2.95. The van der Waals surface area contributed by atoms with Crippen LogP contribution >= 0.6 is 0 Å². The summed E-state index contributed by atoms with van der Waals surface area (Å²) in [7, 11) is 0. The van der Waals surface area contributed by atoms with Gasteiger partial charge in [0.25, 0.3) is 11.5 Å². The molecule has 0 saturated heterocycles. The van der Waals surface area contributed by atoms with E-state index in [0.717, 1.165) is 12.1 Å². The monoisotopic (exact) mass is 296 g/mol. The zero-order valence-electron chi connectivity index (χ0n) is 13.1. The van der Waals surface area contributed by atoms with Crippen LogP contribution < -0.4 is 10.9 Å². The third kappa shape index (κ3) is 2.82. The van der Waals surface area contributed by atoms with Crippen LogP contribution in [-0.2, 0) is 0 Å². The molecular weight excluding hydrogens is 276 g/mol. The second kappa shape index (κ2) is 5.44. The summed E-state index contributed by atoms with van der Waals surface area (Å²) in [4.78, 5) is 26.6. The van der Waals surface area contributed by atoms with Crippen LogP contribution in [0.1, 0.15) is 45.1 Å². The fourth-order valence-electron chi connectivity index (χ4n) is 2.72. The molecule has 0 radical (unpaired) electrons. The first kappa shape index (κ1) is 14.6. The van der Waals surface area contributed by atoms with Crippen molar-refractivity contribution in [3.8, 4) is 0 Å². The van der Waals surface area contributed by atoms with E-state index in [0.29, 0.717) is 5.92 Å². The van der Waals surface area contributed by atoms with E-state index in [9.17, 15) is 9.59 Å². The number of hydrogen-bond donors (Lipinski definition) is 2. The molecule has 114 valence electrons. The number of carbonyl (C=O) groups excluding carboxylic acids is 1. The minimum absolute atomic E-state index is 0.121. The molecule has 1 aromatic heterocycles. The zero-order valence-corrected chi connectivity index (χ0v) is 13.1. The van der Waals surface area contributed by atoms with Gasteiger partial charge in [-0.15, -0.1) is 0 Å². The third-order valence-corrected chi connectivity index (χ3v) is 4.37. The number of pyridine rings is 1. The van der Waals surface area contributed by atoms with Gasteiger partial charge in [-0.1, -0.05) is 18.2 Å². The van der Waals surface area contributed by atoms with E-state index in [1.807, 2.05) is 0 Å². The normalized spacial score (nSPS) is 19.8. The second-order valence-electron chi connectivity index (χ2n) is 6.15. The zero-order chi connectivity index (χ0) is 15.9. The van der Waals surface area contributed by atoms with Crippen molar-refractivity contribution in [3.63, 3.8) is 0 Å². The van der Waals surface area contributed by atoms with E-state index in [1.54, 1.807) is 19.1 Å². The van der Waals surface area contributed by atoms with Crippen molar-refractivity contribution in [2.24, 2.45) is 0 Å². The van der Waals surface area contributed by atoms with Gasteiger partial charge in [0.2, 0.25) is 0 Å². The lowest BCUT2D eigenvalue weighted by Gasteiger charge is -2.07. The highest BCUT2D eigenvalue weighted by Crippen LogP contribution is 2.41. The molecule has 1 saturated carbocycles. The van der Waals surface area contributed by atoms with Crippen LogP contribution in [0.4, 0.5) is 0 Å². The van der Waals surface area contributed by atoms with Gasteiger partial charge in [-0.2, -0.15) is 0 Å². The van der Waals surface area contributed by atoms with Gasteiger partial charge < -0.3 is 10.3 Å². The van der Waals surface area contributed by atoms with E-state index in [4.69, 9.17) is 0 Å². The Hall–Kier alpha value is -2.36. The lowest BCUT2D eigenvalue weighted by atomic mass is 10.0. The first-order valence-corrected chi connectivity index (χ1v) is 7.53. The first-order chi connectivity index (χ1) is 10.5. The van der Waals surface area contributed by atoms with Crippen molar-refractivity contribution in [1.29, 1.82) is 0 Å². The highest BCUT2D eigenvalue weighted by Gasteiger charge is 2.39. The number of H-pyrrole nitrogens is 1. The minimum atomic E-state index is -0.333. The SMILES string of the molecule is Cc1ccc(C(=O)N[C@@H]2C[C@@H]2c2ccc(C)c(C)c2)c(=O)[nH]1. The summed E-state index contributed by atoms with van der Waals surface area (Å²) in [5.41, 5.74) is 4.39. The van der Waals surface area contributed by atoms with Gasteiger partial charge in [0.1, 0.15) is 5.56 Å². The quantitative estimate of drug-likeness (QED) is 0.914. The maximum absolute atomic E-state index is 12.2. The van der Waals surface area contributed by atoms with Crippen LogP contribution in [0.2, 0.25) is 0 Å². The highest BCUT2D eigenvalue weighted by molar-refractivity contribution is 5.94. The molecule has 0 aliphatic heterocycles. The molecule has 0 bridgehead atoms. The average Bonchev–Trinajstić information content (AvgIpc) is 3.20. The molecule has 4 heteroatoms. The summed E-state index contributed by atoms with van der Waals surface area (Å²) in [5.74, 6) is 0.0605. The number of amides is 1. The predicted octanol–water partition coefficient (Wildman–Crippen LogP) is 2.59. The van der Waals surface area contributed by atoms with Gasteiger partial charge in [0, 0.05) is 17.7 Å². The highest BCUT2D eigenvalue weighted by atomic mass is 16.2. The lowest BCUT2D eigenvalue weighted by Crippen LogP contribution is -2.31. The number of aryl methyl sites for hydroxylation is 3. The van der Waals surface area contributed by atoms with Crippen molar-refractivity contribution in [2.45, 2.75) is 39.2 Å². The Kier molecular flexibility index (Phi) is 3.61. The van der Waals surface area contributed by atoms with Crippen LogP contribution in [0.5, 0.6) is 0 Å². The molecule has 1 aliphatic rings. The van der Waals surface area contributed by atoms with Crippen molar-refractivity contribution < 1.29 is 4.79 Å².